The van der Waals surface area contributed by atoms with Crippen LogP contribution in [-0.2, 0) is 0 Å². The number of piperidine rings is 1. The maximum atomic E-state index is 12.1. The number of anilines is 2. The summed E-state index contributed by atoms with van der Waals surface area (Å²) in [7, 11) is 0. The van der Waals surface area contributed by atoms with Gasteiger partial charge < -0.3 is 10.6 Å². The van der Waals surface area contributed by atoms with Gasteiger partial charge >= 0.3 is 0 Å². The van der Waals surface area contributed by atoms with Gasteiger partial charge in [0.25, 0.3) is 0 Å². The van der Waals surface area contributed by atoms with Crippen LogP contribution in [0.3, 0.4) is 0 Å². The van der Waals surface area contributed by atoms with E-state index in [0.717, 1.165) is 29.6 Å². The quantitative estimate of drug-likeness (QED) is 0.852. The normalized spacial score (nSPS) is 20.4. The summed E-state index contributed by atoms with van der Waals surface area (Å²) in [6, 6.07) is 0. The Morgan fingerprint density at radius 3 is 2.50 bits per heavy atom. The van der Waals surface area contributed by atoms with Crippen molar-refractivity contribution >= 4 is 27.8 Å². The average Bonchev–Trinajstić information content (AvgIpc) is 3.22. The zero-order chi connectivity index (χ0) is 14.3. The number of ketones is 1. The minimum Gasteiger partial charge on any atom is -0.397 e. The van der Waals surface area contributed by atoms with Crippen LogP contribution in [0.2, 0.25) is 0 Å². The van der Waals surface area contributed by atoms with Crippen molar-refractivity contribution in [3.63, 3.8) is 0 Å². The monoisotopic (exact) mass is 292 g/mol. The number of thiophene rings is 1. The molecule has 1 saturated heterocycles. The van der Waals surface area contributed by atoms with E-state index in [1.54, 1.807) is 11.3 Å². The largest absolute Gasteiger partial charge is 0.397 e. The average molecular weight is 292 g/mol. The van der Waals surface area contributed by atoms with Crippen molar-refractivity contribution in [1.29, 1.82) is 0 Å². The highest BCUT2D eigenvalue weighted by Gasteiger charge is 2.34. The standard InChI is InChI=1S/C16H24N2OS/c1-3-12(19)15-14(17)13(11-4-5-11)16(20-15)18-8-6-10(2)7-9-18/h10-11H,3-9,17H2,1-2H3. The summed E-state index contributed by atoms with van der Waals surface area (Å²) in [6.45, 7) is 6.47. The molecule has 0 aromatic carbocycles. The third-order valence-corrected chi connectivity index (χ3v) is 5.92. The molecule has 0 bridgehead atoms. The van der Waals surface area contributed by atoms with Gasteiger partial charge in [0.05, 0.1) is 15.6 Å². The second-order valence-corrected chi connectivity index (χ2v) is 7.28. The number of nitrogen functional groups attached to an aromatic ring is 1. The third kappa shape index (κ3) is 2.46. The summed E-state index contributed by atoms with van der Waals surface area (Å²) >= 11 is 1.65. The molecule has 3 nitrogen and oxygen atoms in total. The molecule has 1 aromatic rings. The second kappa shape index (κ2) is 5.40. The number of hydrogen-bond donors (Lipinski definition) is 1. The summed E-state index contributed by atoms with van der Waals surface area (Å²) in [5.41, 5.74) is 8.40. The zero-order valence-corrected chi connectivity index (χ0v) is 13.3. The van der Waals surface area contributed by atoms with Crippen molar-refractivity contribution in [3.8, 4) is 0 Å². The van der Waals surface area contributed by atoms with E-state index in [-0.39, 0.29) is 5.78 Å². The van der Waals surface area contributed by atoms with E-state index < -0.39 is 0 Å². The molecule has 1 aliphatic carbocycles. The Morgan fingerprint density at radius 2 is 1.95 bits per heavy atom. The van der Waals surface area contributed by atoms with Gasteiger partial charge in [-0.05, 0) is 37.5 Å². The Bertz CT molecular complexity index is 511. The van der Waals surface area contributed by atoms with Gasteiger partial charge in [0, 0.05) is 25.1 Å². The van der Waals surface area contributed by atoms with Gasteiger partial charge in [-0.15, -0.1) is 11.3 Å². The van der Waals surface area contributed by atoms with E-state index in [1.807, 2.05) is 6.92 Å². The zero-order valence-electron chi connectivity index (χ0n) is 12.4. The Kier molecular flexibility index (Phi) is 3.76. The van der Waals surface area contributed by atoms with Crippen LogP contribution in [0.15, 0.2) is 0 Å². The lowest BCUT2D eigenvalue weighted by Crippen LogP contribution is -2.32. The Hall–Kier alpha value is -1.03. The molecule has 1 aromatic heterocycles. The fraction of sp³-hybridized carbons (Fsp3) is 0.688. The third-order valence-electron chi connectivity index (χ3n) is 4.59. The number of carbonyl (C=O) groups excluding carboxylic acids is 1. The first-order chi connectivity index (χ1) is 9.61. The number of nitrogens with zero attached hydrogens (tertiary/aromatic N) is 1. The molecule has 0 spiro atoms. The van der Waals surface area contributed by atoms with Gasteiger partial charge in [-0.25, -0.2) is 0 Å². The van der Waals surface area contributed by atoms with Crippen LogP contribution >= 0.6 is 11.3 Å². The van der Waals surface area contributed by atoms with E-state index >= 15 is 0 Å². The number of carbonyl (C=O) groups is 1. The molecule has 2 aliphatic rings. The molecule has 4 heteroatoms. The molecule has 20 heavy (non-hydrogen) atoms. The van der Waals surface area contributed by atoms with Crippen molar-refractivity contribution in [3.05, 3.63) is 10.4 Å². The first kappa shape index (κ1) is 13.9. The summed E-state index contributed by atoms with van der Waals surface area (Å²) in [5.74, 6) is 1.63. The van der Waals surface area contributed by atoms with Crippen LogP contribution < -0.4 is 10.6 Å². The Balaban J connectivity index is 1.94. The highest BCUT2D eigenvalue weighted by atomic mass is 32.1. The highest BCUT2D eigenvalue weighted by molar-refractivity contribution is 7.19. The molecule has 0 amide bonds. The molecule has 2 heterocycles. The molecule has 1 aliphatic heterocycles. The van der Waals surface area contributed by atoms with Crippen molar-refractivity contribution in [2.75, 3.05) is 23.7 Å². The second-order valence-electron chi connectivity index (χ2n) is 6.28. The fourth-order valence-corrected chi connectivity index (χ4v) is 4.39. The van der Waals surface area contributed by atoms with E-state index in [2.05, 4.69) is 11.8 Å². The van der Waals surface area contributed by atoms with Crippen LogP contribution in [0.1, 0.15) is 67.1 Å². The van der Waals surface area contributed by atoms with Crippen molar-refractivity contribution in [2.24, 2.45) is 5.92 Å². The molecule has 1 saturated carbocycles. The molecule has 3 rings (SSSR count). The molecule has 2 N–H and O–H groups in total. The molecular weight excluding hydrogens is 268 g/mol. The van der Waals surface area contributed by atoms with Crippen molar-refractivity contribution in [2.45, 2.75) is 51.9 Å². The van der Waals surface area contributed by atoms with Gasteiger partial charge in [0.1, 0.15) is 0 Å². The number of Topliss-reactive ketones (excluding diaryl/α,β-unsaturated/α-hetero) is 1. The minimum atomic E-state index is 0.200. The molecule has 0 unspecified atom stereocenters. The van der Waals surface area contributed by atoms with Crippen LogP contribution in [0, 0.1) is 5.92 Å². The molecule has 0 atom stereocenters. The SMILES string of the molecule is CCC(=O)c1sc(N2CCC(C)CC2)c(C2CC2)c1N. The lowest BCUT2D eigenvalue weighted by molar-refractivity contribution is 0.0993. The Labute approximate surface area is 125 Å². The Morgan fingerprint density at radius 1 is 1.30 bits per heavy atom. The van der Waals surface area contributed by atoms with Gasteiger partial charge in [-0.1, -0.05) is 13.8 Å². The number of hydrogen-bond acceptors (Lipinski definition) is 4. The predicted molar refractivity (Wildman–Crippen MR) is 85.9 cm³/mol. The summed E-state index contributed by atoms with van der Waals surface area (Å²) in [6.07, 6.45) is 5.51. The first-order valence-electron chi connectivity index (χ1n) is 7.82. The van der Waals surface area contributed by atoms with Crippen LogP contribution in [0.5, 0.6) is 0 Å². The lowest BCUT2D eigenvalue weighted by Gasteiger charge is -2.32. The smallest absolute Gasteiger partial charge is 0.174 e. The maximum Gasteiger partial charge on any atom is 0.174 e. The summed E-state index contributed by atoms with van der Waals surface area (Å²) in [5, 5.41) is 1.30. The van der Waals surface area contributed by atoms with Crippen molar-refractivity contribution in [1.82, 2.24) is 0 Å². The lowest BCUT2D eigenvalue weighted by atomic mass is 9.99. The van der Waals surface area contributed by atoms with E-state index in [0.29, 0.717) is 12.3 Å². The first-order valence-corrected chi connectivity index (χ1v) is 8.63. The molecular formula is C16H24N2OS. The minimum absolute atomic E-state index is 0.200. The topological polar surface area (TPSA) is 46.3 Å². The van der Waals surface area contributed by atoms with Gasteiger partial charge in [0.15, 0.2) is 5.78 Å². The summed E-state index contributed by atoms with van der Waals surface area (Å²) in [4.78, 5) is 15.4. The van der Waals surface area contributed by atoms with Crippen molar-refractivity contribution < 1.29 is 4.79 Å². The molecule has 0 radical (unpaired) electrons. The molecule has 110 valence electrons. The van der Waals surface area contributed by atoms with E-state index in [9.17, 15) is 4.79 Å². The van der Waals surface area contributed by atoms with Crippen LogP contribution in [-0.4, -0.2) is 18.9 Å². The highest BCUT2D eigenvalue weighted by Crippen LogP contribution is 2.52. The van der Waals surface area contributed by atoms with E-state index in [1.165, 1.54) is 36.2 Å². The van der Waals surface area contributed by atoms with Gasteiger partial charge in [-0.3, -0.25) is 4.79 Å². The summed E-state index contributed by atoms with van der Waals surface area (Å²) < 4.78 is 0. The van der Waals surface area contributed by atoms with Gasteiger partial charge in [0.2, 0.25) is 0 Å². The van der Waals surface area contributed by atoms with Crippen LogP contribution in [0.4, 0.5) is 10.7 Å². The van der Waals surface area contributed by atoms with E-state index in [4.69, 9.17) is 5.73 Å². The molecule has 2 fully saturated rings. The van der Waals surface area contributed by atoms with Crippen LogP contribution in [0.25, 0.3) is 0 Å². The number of nitrogens with two attached hydrogens (primary N) is 1. The predicted octanol–water partition coefficient (Wildman–Crippen LogP) is 4.04. The maximum absolute atomic E-state index is 12.1. The number of rotatable bonds is 4. The fourth-order valence-electron chi connectivity index (χ4n) is 3.02. The van der Waals surface area contributed by atoms with Gasteiger partial charge in [-0.2, -0.15) is 0 Å².